The molecule has 0 spiro atoms. The molecule has 0 atom stereocenters. The lowest BCUT2D eigenvalue weighted by Crippen LogP contribution is -2.59. The topological polar surface area (TPSA) is 105 Å². The van der Waals surface area contributed by atoms with Crippen LogP contribution in [0.3, 0.4) is 0 Å². The van der Waals surface area contributed by atoms with E-state index < -0.39 is 42.3 Å². The van der Waals surface area contributed by atoms with Crippen molar-refractivity contribution in [2.75, 3.05) is 23.4 Å². The highest BCUT2D eigenvalue weighted by Gasteiger charge is 2.43. The number of nitrogens with zero attached hydrogens (tertiary/aromatic N) is 1. The van der Waals surface area contributed by atoms with Crippen molar-refractivity contribution < 1.29 is 28.3 Å². The first kappa shape index (κ1) is 21.0. The molecule has 156 valence electrons. The molecule has 0 aliphatic carbocycles. The number of nitrogens with one attached hydrogen (secondary N) is 2. The van der Waals surface area contributed by atoms with Gasteiger partial charge in [0.15, 0.2) is 6.61 Å². The van der Waals surface area contributed by atoms with Gasteiger partial charge in [0, 0.05) is 5.56 Å². The normalized spacial score (nSPS) is 14.4. The number of hydrogen-bond donors (Lipinski definition) is 2. The molecule has 0 radical (unpaired) electrons. The van der Waals surface area contributed by atoms with Gasteiger partial charge in [-0.2, -0.15) is 0 Å². The van der Waals surface area contributed by atoms with E-state index in [4.69, 9.17) is 4.74 Å². The fraction of sp³-hybridized carbons (Fsp3) is 0.238. The zero-order valence-corrected chi connectivity index (χ0v) is 16.4. The largest absolute Gasteiger partial charge is 0.454 e. The van der Waals surface area contributed by atoms with E-state index in [9.17, 15) is 23.6 Å². The maximum Gasteiger partial charge on any atom is 0.325 e. The van der Waals surface area contributed by atoms with Crippen LogP contribution in [-0.4, -0.2) is 42.4 Å². The molecule has 0 bridgehead atoms. The fourth-order valence-corrected chi connectivity index (χ4v) is 3.04. The van der Waals surface area contributed by atoms with Crippen LogP contribution in [0.25, 0.3) is 0 Å². The van der Waals surface area contributed by atoms with Gasteiger partial charge >= 0.3 is 5.97 Å². The van der Waals surface area contributed by atoms with Crippen molar-refractivity contribution in [1.82, 2.24) is 5.32 Å². The summed E-state index contributed by atoms with van der Waals surface area (Å²) in [5.74, 6) is -3.04. The van der Waals surface area contributed by atoms with Crippen molar-refractivity contribution in [2.45, 2.75) is 19.4 Å². The molecule has 0 unspecified atom stereocenters. The molecule has 0 aromatic heterocycles. The molecule has 8 nitrogen and oxygen atoms in total. The molecule has 3 rings (SSSR count). The molecule has 1 heterocycles. The van der Waals surface area contributed by atoms with Crippen LogP contribution in [-0.2, 0) is 19.1 Å². The summed E-state index contributed by atoms with van der Waals surface area (Å²) in [7, 11) is 0. The van der Waals surface area contributed by atoms with Gasteiger partial charge in [0.2, 0.25) is 5.91 Å². The van der Waals surface area contributed by atoms with Gasteiger partial charge in [0.1, 0.15) is 17.9 Å². The highest BCUT2D eigenvalue weighted by Crippen LogP contribution is 2.36. The maximum absolute atomic E-state index is 13.2. The van der Waals surface area contributed by atoms with Crippen LogP contribution in [0.2, 0.25) is 0 Å². The van der Waals surface area contributed by atoms with Crippen molar-refractivity contribution in [1.29, 1.82) is 0 Å². The molecule has 3 amide bonds. The molecule has 9 heteroatoms. The van der Waals surface area contributed by atoms with Crippen molar-refractivity contribution in [3.63, 3.8) is 0 Å². The van der Waals surface area contributed by atoms with Crippen molar-refractivity contribution >= 4 is 35.1 Å². The average molecular weight is 413 g/mol. The van der Waals surface area contributed by atoms with Crippen LogP contribution in [0.15, 0.2) is 48.5 Å². The Labute approximate surface area is 172 Å². The van der Waals surface area contributed by atoms with Crippen LogP contribution < -0.4 is 15.5 Å². The van der Waals surface area contributed by atoms with Crippen molar-refractivity contribution in [2.24, 2.45) is 0 Å². The van der Waals surface area contributed by atoms with Crippen LogP contribution in [0, 0.1) is 5.82 Å². The quantitative estimate of drug-likeness (QED) is 0.728. The Kier molecular flexibility index (Phi) is 5.81. The number of amides is 3. The molecular formula is C21H20FN3O5. The van der Waals surface area contributed by atoms with Crippen LogP contribution >= 0.6 is 0 Å². The first-order valence-electron chi connectivity index (χ1n) is 9.13. The van der Waals surface area contributed by atoms with E-state index in [1.807, 2.05) is 0 Å². The van der Waals surface area contributed by atoms with Gasteiger partial charge in [-0.25, -0.2) is 4.39 Å². The minimum atomic E-state index is -1.19. The highest BCUT2D eigenvalue weighted by molar-refractivity contribution is 6.14. The number of rotatable bonds is 5. The lowest BCUT2D eigenvalue weighted by molar-refractivity contribution is -0.147. The van der Waals surface area contributed by atoms with Gasteiger partial charge in [-0.15, -0.1) is 0 Å². The Morgan fingerprint density at radius 3 is 2.60 bits per heavy atom. The zero-order chi connectivity index (χ0) is 21.9. The number of esters is 1. The maximum atomic E-state index is 13.2. The Morgan fingerprint density at radius 1 is 1.13 bits per heavy atom. The third-order valence-electron chi connectivity index (χ3n) is 4.59. The van der Waals surface area contributed by atoms with Gasteiger partial charge in [-0.1, -0.05) is 18.2 Å². The lowest BCUT2D eigenvalue weighted by Gasteiger charge is -2.41. The number of carbonyl (C=O) groups excluding carboxylic acids is 4. The first-order valence-corrected chi connectivity index (χ1v) is 9.13. The van der Waals surface area contributed by atoms with E-state index in [1.54, 1.807) is 38.1 Å². The summed E-state index contributed by atoms with van der Waals surface area (Å²) >= 11 is 0. The fourth-order valence-electron chi connectivity index (χ4n) is 3.04. The van der Waals surface area contributed by atoms with Crippen LogP contribution in [0.5, 0.6) is 0 Å². The van der Waals surface area contributed by atoms with E-state index in [0.717, 1.165) is 6.07 Å². The number of hydrogen-bond acceptors (Lipinski definition) is 5. The minimum absolute atomic E-state index is 0.0524. The molecule has 2 aromatic carbocycles. The molecule has 2 N–H and O–H groups in total. The molecule has 30 heavy (non-hydrogen) atoms. The number of fused-ring (bicyclic) bond motifs is 1. The second-order valence-corrected chi connectivity index (χ2v) is 7.11. The third kappa shape index (κ3) is 4.29. The Balaban J connectivity index is 1.60. The van der Waals surface area contributed by atoms with E-state index >= 15 is 0 Å². The van der Waals surface area contributed by atoms with Crippen LogP contribution in [0.1, 0.15) is 24.2 Å². The monoisotopic (exact) mass is 413 g/mol. The van der Waals surface area contributed by atoms with E-state index in [-0.39, 0.29) is 11.5 Å². The Bertz CT molecular complexity index is 1020. The number of halogens is 1. The smallest absolute Gasteiger partial charge is 0.325 e. The molecule has 0 saturated heterocycles. The molecular weight excluding hydrogens is 393 g/mol. The lowest BCUT2D eigenvalue weighted by atomic mass is 9.96. The standard InChI is InChI=1S/C21H20FN3O5/c1-21(2)20(29)24-15-8-3-4-9-16(15)25(21)17(26)12-30-18(27)11-23-19(28)13-6-5-7-14(22)10-13/h3-10H,11-12H2,1-2H3,(H,23,28)(H,24,29). The zero-order valence-electron chi connectivity index (χ0n) is 16.4. The first-order chi connectivity index (χ1) is 14.2. The molecule has 1 aliphatic heterocycles. The molecule has 1 aliphatic rings. The summed E-state index contributed by atoms with van der Waals surface area (Å²) in [6.45, 7) is 2.05. The van der Waals surface area contributed by atoms with Crippen LogP contribution in [0.4, 0.5) is 15.8 Å². The molecule has 2 aromatic rings. The van der Waals surface area contributed by atoms with Gasteiger partial charge in [0.05, 0.1) is 11.4 Å². The highest BCUT2D eigenvalue weighted by atomic mass is 19.1. The molecule has 0 fully saturated rings. The number of para-hydroxylation sites is 2. The number of ether oxygens (including phenoxy) is 1. The minimum Gasteiger partial charge on any atom is -0.454 e. The van der Waals surface area contributed by atoms with Gasteiger partial charge in [-0.3, -0.25) is 24.1 Å². The summed E-state index contributed by atoms with van der Waals surface area (Å²) in [5.41, 5.74) is -0.174. The van der Waals surface area contributed by atoms with E-state index in [0.29, 0.717) is 11.4 Å². The second kappa shape index (κ2) is 8.32. The molecule has 0 saturated carbocycles. The number of carbonyl (C=O) groups is 4. The second-order valence-electron chi connectivity index (χ2n) is 7.11. The Hall–Kier alpha value is -3.75. The Morgan fingerprint density at radius 2 is 1.87 bits per heavy atom. The predicted molar refractivity (Wildman–Crippen MR) is 106 cm³/mol. The average Bonchev–Trinajstić information content (AvgIpc) is 2.71. The van der Waals surface area contributed by atoms with Gasteiger partial charge < -0.3 is 15.4 Å². The summed E-state index contributed by atoms with van der Waals surface area (Å²) in [5, 5.41) is 5.04. The van der Waals surface area contributed by atoms with E-state index in [2.05, 4.69) is 10.6 Å². The van der Waals surface area contributed by atoms with Gasteiger partial charge in [0.25, 0.3) is 11.8 Å². The predicted octanol–water partition coefficient (Wildman–Crippen LogP) is 1.86. The summed E-state index contributed by atoms with van der Waals surface area (Å²) in [6, 6.07) is 11.8. The SMILES string of the molecule is CC1(C)C(=O)Nc2ccccc2N1C(=O)COC(=O)CNC(=O)c1cccc(F)c1. The van der Waals surface area contributed by atoms with Crippen molar-refractivity contribution in [3.05, 3.63) is 59.9 Å². The van der Waals surface area contributed by atoms with E-state index in [1.165, 1.54) is 23.1 Å². The number of anilines is 2. The summed E-state index contributed by atoms with van der Waals surface area (Å²) in [4.78, 5) is 50.3. The van der Waals surface area contributed by atoms with Gasteiger partial charge in [-0.05, 0) is 44.2 Å². The summed E-state index contributed by atoms with van der Waals surface area (Å²) in [6.07, 6.45) is 0. The summed E-state index contributed by atoms with van der Waals surface area (Å²) < 4.78 is 18.1. The third-order valence-corrected chi connectivity index (χ3v) is 4.59. The number of benzene rings is 2. The van der Waals surface area contributed by atoms with Crippen molar-refractivity contribution in [3.8, 4) is 0 Å².